The molecule has 1 aliphatic heterocycles. The van der Waals surface area contributed by atoms with Crippen molar-refractivity contribution in [2.45, 2.75) is 25.7 Å². The summed E-state index contributed by atoms with van der Waals surface area (Å²) in [5.41, 5.74) is 2.01. The molecule has 0 atom stereocenters. The molecule has 1 saturated heterocycles. The zero-order valence-electron chi connectivity index (χ0n) is 17.8. The quantitative estimate of drug-likeness (QED) is 0.309. The molecule has 4 rings (SSSR count). The number of morpholine rings is 1. The van der Waals surface area contributed by atoms with E-state index >= 15 is 0 Å². The van der Waals surface area contributed by atoms with Gasteiger partial charge in [-0.3, -0.25) is 14.9 Å². The van der Waals surface area contributed by atoms with E-state index in [0.717, 1.165) is 36.1 Å². The molecule has 0 saturated carbocycles. The van der Waals surface area contributed by atoms with E-state index in [-0.39, 0.29) is 11.3 Å². The van der Waals surface area contributed by atoms with Gasteiger partial charge in [-0.2, -0.15) is 10.5 Å². The van der Waals surface area contributed by atoms with E-state index in [1.807, 2.05) is 11.0 Å². The topological polar surface area (TPSA) is 132 Å². The highest BCUT2D eigenvalue weighted by atomic mass is 32.1. The second-order valence-corrected chi connectivity index (χ2v) is 8.86. The minimum atomic E-state index is -0.646. The lowest BCUT2D eigenvalue weighted by Gasteiger charge is -2.28. The minimum absolute atomic E-state index is 0.0963. The van der Waals surface area contributed by atoms with Gasteiger partial charge in [0.05, 0.1) is 23.7 Å². The van der Waals surface area contributed by atoms with Crippen molar-refractivity contribution in [3.8, 4) is 12.1 Å². The summed E-state index contributed by atoms with van der Waals surface area (Å²) in [4.78, 5) is 27.0. The average molecular weight is 464 g/mol. The summed E-state index contributed by atoms with van der Waals surface area (Å²) in [6.45, 7) is 2.09. The van der Waals surface area contributed by atoms with Crippen molar-refractivity contribution >= 4 is 39.7 Å². The molecule has 10 heteroatoms. The van der Waals surface area contributed by atoms with Crippen LogP contribution in [-0.2, 0) is 22.4 Å². The Morgan fingerprint density at radius 3 is 2.70 bits per heavy atom. The third-order valence-corrected chi connectivity index (χ3v) is 6.94. The maximum atomic E-state index is 12.8. The van der Waals surface area contributed by atoms with Crippen molar-refractivity contribution in [2.75, 3.05) is 36.5 Å². The number of benzene rings is 1. The van der Waals surface area contributed by atoms with Crippen LogP contribution in [0, 0.1) is 32.8 Å². The summed E-state index contributed by atoms with van der Waals surface area (Å²) in [6.07, 6.45) is 5.07. The first kappa shape index (κ1) is 22.5. The van der Waals surface area contributed by atoms with Crippen LogP contribution in [0.2, 0.25) is 0 Å². The highest BCUT2D eigenvalue weighted by Crippen LogP contribution is 2.38. The highest BCUT2D eigenvalue weighted by molar-refractivity contribution is 7.16. The van der Waals surface area contributed by atoms with Crippen LogP contribution >= 0.6 is 11.3 Å². The standard InChI is InChI=1S/C23H21N5O4S/c24-13-16(22(29)26-23-18(14-25)17-3-1-2-4-21(17)33-23)11-15-5-6-19(20(12-15)28(30)31)27-7-9-32-10-8-27/h5-6,11-12H,1-4,7-10H2,(H,26,29). The fourth-order valence-electron chi connectivity index (χ4n) is 4.11. The van der Waals surface area contributed by atoms with Crippen LogP contribution in [0.1, 0.15) is 34.4 Å². The number of nitro groups is 1. The summed E-state index contributed by atoms with van der Waals surface area (Å²) in [6, 6.07) is 8.68. The third kappa shape index (κ3) is 4.72. The molecule has 2 aromatic rings. The van der Waals surface area contributed by atoms with Crippen LogP contribution in [0.3, 0.4) is 0 Å². The molecule has 1 N–H and O–H groups in total. The molecule has 1 aromatic heterocycles. The van der Waals surface area contributed by atoms with Gasteiger partial charge in [-0.25, -0.2) is 0 Å². The molecule has 9 nitrogen and oxygen atoms in total. The van der Waals surface area contributed by atoms with Crippen LogP contribution in [0.25, 0.3) is 6.08 Å². The van der Waals surface area contributed by atoms with E-state index in [0.29, 0.717) is 48.1 Å². The van der Waals surface area contributed by atoms with Crippen molar-refractivity contribution < 1.29 is 14.5 Å². The molecular weight excluding hydrogens is 442 g/mol. The predicted molar refractivity (Wildman–Crippen MR) is 124 cm³/mol. The molecule has 2 heterocycles. The number of nitrogens with one attached hydrogen (secondary N) is 1. The number of ether oxygens (including phenoxy) is 1. The van der Waals surface area contributed by atoms with Crippen LogP contribution in [0.5, 0.6) is 0 Å². The molecule has 0 spiro atoms. The Kier molecular flexibility index (Phi) is 6.68. The zero-order chi connectivity index (χ0) is 23.4. The number of hydrogen-bond acceptors (Lipinski definition) is 8. The monoisotopic (exact) mass is 463 g/mol. The van der Waals surface area contributed by atoms with Crippen molar-refractivity contribution in [2.24, 2.45) is 0 Å². The Labute approximate surface area is 194 Å². The van der Waals surface area contributed by atoms with E-state index in [9.17, 15) is 25.4 Å². The number of hydrogen-bond donors (Lipinski definition) is 1. The van der Waals surface area contributed by atoms with Crippen molar-refractivity contribution in [3.05, 3.63) is 55.5 Å². The molecule has 1 amide bonds. The molecule has 1 aromatic carbocycles. The van der Waals surface area contributed by atoms with Gasteiger partial charge in [0.2, 0.25) is 0 Å². The summed E-state index contributed by atoms with van der Waals surface area (Å²) in [7, 11) is 0. The van der Waals surface area contributed by atoms with Crippen LogP contribution < -0.4 is 10.2 Å². The number of aryl methyl sites for hydroxylation is 1. The first-order valence-electron chi connectivity index (χ1n) is 10.6. The first-order chi connectivity index (χ1) is 16.0. The normalized spacial score (nSPS) is 15.8. The van der Waals surface area contributed by atoms with Crippen molar-refractivity contribution in [3.63, 3.8) is 0 Å². The lowest BCUT2D eigenvalue weighted by atomic mass is 9.96. The summed E-state index contributed by atoms with van der Waals surface area (Å²) >= 11 is 1.38. The zero-order valence-corrected chi connectivity index (χ0v) is 18.6. The number of carbonyl (C=O) groups excluding carboxylic acids is 1. The van der Waals surface area contributed by atoms with E-state index in [1.54, 1.807) is 12.1 Å². The number of nitriles is 2. The SMILES string of the molecule is N#CC(=Cc1ccc(N2CCOCC2)c([N+](=O)[O-])c1)C(=O)Nc1sc2c(c1C#N)CCCC2. The molecule has 2 aliphatic rings. The van der Waals surface area contributed by atoms with Gasteiger partial charge in [-0.15, -0.1) is 11.3 Å². The molecule has 0 unspecified atom stereocenters. The Morgan fingerprint density at radius 2 is 2.00 bits per heavy atom. The Morgan fingerprint density at radius 1 is 1.24 bits per heavy atom. The number of amides is 1. The van der Waals surface area contributed by atoms with Crippen LogP contribution in [0.4, 0.5) is 16.4 Å². The number of nitro benzene ring substituents is 1. The molecule has 0 bridgehead atoms. The van der Waals surface area contributed by atoms with Gasteiger partial charge in [-0.05, 0) is 49.0 Å². The van der Waals surface area contributed by atoms with Gasteiger partial charge in [0.15, 0.2) is 0 Å². The lowest BCUT2D eigenvalue weighted by Crippen LogP contribution is -2.36. The summed E-state index contributed by atoms with van der Waals surface area (Å²) in [5.74, 6) is -0.646. The van der Waals surface area contributed by atoms with Gasteiger partial charge in [-0.1, -0.05) is 6.07 Å². The second-order valence-electron chi connectivity index (χ2n) is 7.76. The smallest absolute Gasteiger partial charge is 0.293 e. The van der Waals surface area contributed by atoms with Crippen molar-refractivity contribution in [1.29, 1.82) is 10.5 Å². The first-order valence-corrected chi connectivity index (χ1v) is 11.4. The van der Waals surface area contributed by atoms with Crippen LogP contribution in [0.15, 0.2) is 23.8 Å². The van der Waals surface area contributed by atoms with E-state index in [1.165, 1.54) is 23.5 Å². The van der Waals surface area contributed by atoms with Gasteiger partial charge in [0.1, 0.15) is 28.4 Å². The Hall–Kier alpha value is -3.73. The van der Waals surface area contributed by atoms with Gasteiger partial charge in [0.25, 0.3) is 11.6 Å². The van der Waals surface area contributed by atoms with Crippen LogP contribution in [-0.4, -0.2) is 37.1 Å². The largest absolute Gasteiger partial charge is 0.378 e. The second kappa shape index (κ2) is 9.82. The fourth-order valence-corrected chi connectivity index (χ4v) is 5.34. The van der Waals surface area contributed by atoms with E-state index < -0.39 is 10.8 Å². The number of fused-ring (bicyclic) bond motifs is 1. The third-order valence-electron chi connectivity index (χ3n) is 5.73. The molecule has 1 aliphatic carbocycles. The number of rotatable bonds is 5. The average Bonchev–Trinajstić information content (AvgIpc) is 3.19. The molecule has 1 fully saturated rings. The van der Waals surface area contributed by atoms with Gasteiger partial charge >= 0.3 is 0 Å². The Bertz CT molecular complexity index is 1210. The lowest BCUT2D eigenvalue weighted by molar-refractivity contribution is -0.384. The van der Waals surface area contributed by atoms with Gasteiger partial charge in [0, 0.05) is 24.0 Å². The fraction of sp³-hybridized carbons (Fsp3) is 0.348. The molecule has 33 heavy (non-hydrogen) atoms. The molecule has 168 valence electrons. The van der Waals surface area contributed by atoms with Crippen molar-refractivity contribution in [1.82, 2.24) is 0 Å². The van der Waals surface area contributed by atoms with Gasteiger partial charge < -0.3 is 15.0 Å². The number of carbonyl (C=O) groups is 1. The molecule has 0 radical (unpaired) electrons. The number of anilines is 2. The number of nitrogens with zero attached hydrogens (tertiary/aromatic N) is 4. The van der Waals surface area contributed by atoms with E-state index in [4.69, 9.17) is 4.74 Å². The molecular formula is C23H21N5O4S. The highest BCUT2D eigenvalue weighted by Gasteiger charge is 2.24. The number of thiophene rings is 1. The summed E-state index contributed by atoms with van der Waals surface area (Å²) in [5, 5.41) is 34.0. The summed E-state index contributed by atoms with van der Waals surface area (Å²) < 4.78 is 5.31. The van der Waals surface area contributed by atoms with E-state index in [2.05, 4.69) is 11.4 Å². The predicted octanol–water partition coefficient (Wildman–Crippen LogP) is 3.79. The minimum Gasteiger partial charge on any atom is -0.378 e. The Balaban J connectivity index is 1.60. The maximum Gasteiger partial charge on any atom is 0.293 e. The maximum absolute atomic E-state index is 12.8.